The molecule has 1 fully saturated rings. The highest BCUT2D eigenvalue weighted by Crippen LogP contribution is 2.37. The predicted octanol–water partition coefficient (Wildman–Crippen LogP) is 2.93. The molecule has 1 rings (SSSR count). The Morgan fingerprint density at radius 3 is 2.47 bits per heavy atom. The van der Waals surface area contributed by atoms with Crippen molar-refractivity contribution in [3.05, 3.63) is 0 Å². The molecule has 3 unspecified atom stereocenters. The average Bonchev–Trinajstić information content (AvgIpc) is 2.27. The fourth-order valence-electron chi connectivity index (χ4n) is 2.78. The van der Waals surface area contributed by atoms with Gasteiger partial charge in [0.05, 0.1) is 0 Å². The number of nitrogens with zero attached hydrogens (tertiary/aromatic N) is 1. The summed E-state index contributed by atoms with van der Waals surface area (Å²) in [4.78, 5) is 13.8. The third-order valence-corrected chi connectivity index (χ3v) is 3.95. The van der Waals surface area contributed by atoms with E-state index in [0.29, 0.717) is 23.7 Å². The maximum absolute atomic E-state index is 12.1. The Morgan fingerprint density at radius 1 is 1.33 bits per heavy atom. The summed E-state index contributed by atoms with van der Waals surface area (Å²) in [6.07, 6.45) is 6.09. The molecular weight excluding hydrogens is 186 g/mol. The van der Waals surface area contributed by atoms with Crippen LogP contribution in [0.4, 0.5) is 0 Å². The minimum absolute atomic E-state index is 0.295. The van der Waals surface area contributed by atoms with Crippen molar-refractivity contribution in [2.24, 2.45) is 17.8 Å². The molecule has 0 aromatic rings. The van der Waals surface area contributed by atoms with Crippen LogP contribution in [0.15, 0.2) is 0 Å². The highest BCUT2D eigenvalue weighted by molar-refractivity contribution is 5.78. The van der Waals surface area contributed by atoms with E-state index in [0.717, 1.165) is 6.42 Å². The molecule has 0 spiro atoms. The standard InChI is InChI=1S/C13H25NO/c1-5-10(2)11-8-6-7-9-12(11)13(15)14(3)4/h10-12H,5-9H2,1-4H3. The molecule has 0 saturated heterocycles. The van der Waals surface area contributed by atoms with E-state index in [9.17, 15) is 4.79 Å². The number of hydrogen-bond donors (Lipinski definition) is 0. The minimum Gasteiger partial charge on any atom is -0.349 e. The van der Waals surface area contributed by atoms with Crippen LogP contribution in [0.2, 0.25) is 0 Å². The van der Waals surface area contributed by atoms with E-state index >= 15 is 0 Å². The first-order valence-corrected chi connectivity index (χ1v) is 6.29. The molecule has 1 amide bonds. The van der Waals surface area contributed by atoms with Gasteiger partial charge in [0, 0.05) is 20.0 Å². The van der Waals surface area contributed by atoms with Crippen molar-refractivity contribution in [1.82, 2.24) is 4.90 Å². The summed E-state index contributed by atoms with van der Waals surface area (Å²) in [5, 5.41) is 0. The van der Waals surface area contributed by atoms with Crippen molar-refractivity contribution in [1.29, 1.82) is 0 Å². The van der Waals surface area contributed by atoms with Crippen molar-refractivity contribution in [3.63, 3.8) is 0 Å². The molecule has 3 atom stereocenters. The molecule has 0 aromatic carbocycles. The SMILES string of the molecule is CCC(C)C1CCCCC1C(=O)N(C)C. The molecule has 2 heteroatoms. The molecular formula is C13H25NO. The largest absolute Gasteiger partial charge is 0.349 e. The third kappa shape index (κ3) is 2.96. The van der Waals surface area contributed by atoms with Gasteiger partial charge in [-0.25, -0.2) is 0 Å². The third-order valence-electron chi connectivity index (χ3n) is 3.95. The highest BCUT2D eigenvalue weighted by Gasteiger charge is 2.34. The lowest BCUT2D eigenvalue weighted by molar-refractivity contribution is -0.136. The predicted molar refractivity (Wildman–Crippen MR) is 63.6 cm³/mol. The van der Waals surface area contributed by atoms with Gasteiger partial charge in [0.15, 0.2) is 0 Å². The van der Waals surface area contributed by atoms with Crippen LogP contribution < -0.4 is 0 Å². The molecule has 1 aliphatic carbocycles. The molecule has 2 nitrogen and oxygen atoms in total. The van der Waals surface area contributed by atoms with E-state index in [4.69, 9.17) is 0 Å². The van der Waals surface area contributed by atoms with Gasteiger partial charge in [0.1, 0.15) is 0 Å². The monoisotopic (exact) mass is 211 g/mol. The smallest absolute Gasteiger partial charge is 0.225 e. The second kappa shape index (κ2) is 5.53. The second-order valence-corrected chi connectivity index (χ2v) is 5.17. The van der Waals surface area contributed by atoms with Gasteiger partial charge in [0.25, 0.3) is 0 Å². The van der Waals surface area contributed by atoms with Gasteiger partial charge in [-0.05, 0) is 24.7 Å². The molecule has 0 heterocycles. The van der Waals surface area contributed by atoms with Crippen LogP contribution in [-0.2, 0) is 4.79 Å². The minimum atomic E-state index is 0.295. The van der Waals surface area contributed by atoms with Crippen molar-refractivity contribution in [3.8, 4) is 0 Å². The zero-order valence-electron chi connectivity index (χ0n) is 10.6. The van der Waals surface area contributed by atoms with E-state index in [1.165, 1.54) is 25.7 Å². The van der Waals surface area contributed by atoms with Crippen molar-refractivity contribution in [2.45, 2.75) is 46.0 Å². The Kier molecular flexibility index (Phi) is 4.62. The van der Waals surface area contributed by atoms with Gasteiger partial charge in [-0.1, -0.05) is 33.1 Å². The van der Waals surface area contributed by atoms with Crippen LogP contribution in [-0.4, -0.2) is 24.9 Å². The van der Waals surface area contributed by atoms with Crippen molar-refractivity contribution in [2.75, 3.05) is 14.1 Å². The van der Waals surface area contributed by atoms with Crippen LogP contribution in [0.25, 0.3) is 0 Å². The molecule has 0 aromatic heterocycles. The zero-order chi connectivity index (χ0) is 11.4. The highest BCUT2D eigenvalue weighted by atomic mass is 16.2. The Balaban J connectivity index is 2.69. The average molecular weight is 211 g/mol. The summed E-state index contributed by atoms with van der Waals surface area (Å²) in [5.41, 5.74) is 0. The first-order chi connectivity index (χ1) is 7.07. The van der Waals surface area contributed by atoms with Crippen LogP contribution in [0, 0.1) is 17.8 Å². The summed E-state index contributed by atoms with van der Waals surface area (Å²) >= 11 is 0. The lowest BCUT2D eigenvalue weighted by Crippen LogP contribution is -2.38. The Hall–Kier alpha value is -0.530. The van der Waals surface area contributed by atoms with Crippen LogP contribution in [0.1, 0.15) is 46.0 Å². The molecule has 0 bridgehead atoms. The normalized spacial score (nSPS) is 28.5. The number of amides is 1. The van der Waals surface area contributed by atoms with Crippen molar-refractivity contribution < 1.29 is 4.79 Å². The molecule has 0 N–H and O–H groups in total. The lowest BCUT2D eigenvalue weighted by atomic mass is 9.71. The van der Waals surface area contributed by atoms with E-state index in [1.807, 2.05) is 14.1 Å². The van der Waals surface area contributed by atoms with Gasteiger partial charge >= 0.3 is 0 Å². The summed E-state index contributed by atoms with van der Waals surface area (Å²) in [6.45, 7) is 4.53. The summed E-state index contributed by atoms with van der Waals surface area (Å²) < 4.78 is 0. The van der Waals surface area contributed by atoms with E-state index in [1.54, 1.807) is 4.90 Å². The van der Waals surface area contributed by atoms with Crippen LogP contribution >= 0.6 is 0 Å². The number of carbonyl (C=O) groups excluding carboxylic acids is 1. The number of carbonyl (C=O) groups is 1. The van der Waals surface area contributed by atoms with E-state index < -0.39 is 0 Å². The van der Waals surface area contributed by atoms with Gasteiger partial charge in [-0.15, -0.1) is 0 Å². The topological polar surface area (TPSA) is 20.3 Å². The summed E-state index contributed by atoms with van der Waals surface area (Å²) in [7, 11) is 3.76. The van der Waals surface area contributed by atoms with Crippen LogP contribution in [0.3, 0.4) is 0 Å². The first kappa shape index (κ1) is 12.5. The number of rotatable bonds is 3. The molecule has 1 saturated carbocycles. The summed E-state index contributed by atoms with van der Waals surface area (Å²) in [6, 6.07) is 0. The maximum Gasteiger partial charge on any atom is 0.225 e. The summed E-state index contributed by atoms with van der Waals surface area (Å²) in [5.74, 6) is 1.96. The number of hydrogen-bond acceptors (Lipinski definition) is 1. The quantitative estimate of drug-likeness (QED) is 0.703. The van der Waals surface area contributed by atoms with Gasteiger partial charge < -0.3 is 4.90 Å². The first-order valence-electron chi connectivity index (χ1n) is 6.29. The van der Waals surface area contributed by atoms with Crippen LogP contribution in [0.5, 0.6) is 0 Å². The Labute approximate surface area is 94.0 Å². The van der Waals surface area contributed by atoms with Gasteiger partial charge in [-0.3, -0.25) is 4.79 Å². The van der Waals surface area contributed by atoms with E-state index in [-0.39, 0.29) is 0 Å². The molecule has 1 aliphatic rings. The molecule has 0 aliphatic heterocycles. The zero-order valence-corrected chi connectivity index (χ0v) is 10.6. The fourth-order valence-corrected chi connectivity index (χ4v) is 2.78. The van der Waals surface area contributed by atoms with Crippen molar-refractivity contribution >= 4 is 5.91 Å². The molecule has 0 radical (unpaired) electrons. The second-order valence-electron chi connectivity index (χ2n) is 5.17. The Bertz CT molecular complexity index is 213. The van der Waals surface area contributed by atoms with E-state index in [2.05, 4.69) is 13.8 Å². The Morgan fingerprint density at radius 2 is 1.93 bits per heavy atom. The molecule has 15 heavy (non-hydrogen) atoms. The lowest BCUT2D eigenvalue weighted by Gasteiger charge is -2.35. The molecule has 88 valence electrons. The van der Waals surface area contributed by atoms with Gasteiger partial charge in [0.2, 0.25) is 5.91 Å². The van der Waals surface area contributed by atoms with Gasteiger partial charge in [-0.2, -0.15) is 0 Å². The fraction of sp³-hybridized carbons (Fsp3) is 0.923. The maximum atomic E-state index is 12.1.